The third kappa shape index (κ3) is 6.67. The Labute approximate surface area is 193 Å². The summed E-state index contributed by atoms with van der Waals surface area (Å²) in [5.74, 6) is 0.510. The molecule has 0 aliphatic carbocycles. The fraction of sp³-hybridized carbons (Fsp3) is 0.192. The summed E-state index contributed by atoms with van der Waals surface area (Å²) < 4.78 is 16.4. The average molecular weight is 447 g/mol. The number of hydrogen-bond donors (Lipinski definition) is 1. The minimum absolute atomic E-state index is 0.273. The number of ether oxygens (including phenoxy) is 3. The van der Waals surface area contributed by atoms with E-state index in [-0.39, 0.29) is 11.7 Å². The second-order valence-electron chi connectivity index (χ2n) is 7.24. The van der Waals surface area contributed by atoms with Gasteiger partial charge in [-0.05, 0) is 73.5 Å². The van der Waals surface area contributed by atoms with Gasteiger partial charge in [0.05, 0.1) is 25.5 Å². The first-order chi connectivity index (χ1) is 16.0. The molecule has 0 saturated heterocycles. The molecule has 0 heterocycles. The van der Waals surface area contributed by atoms with E-state index in [1.807, 2.05) is 26.0 Å². The van der Waals surface area contributed by atoms with Crippen LogP contribution < -0.4 is 19.6 Å². The van der Waals surface area contributed by atoms with E-state index in [0.29, 0.717) is 34.8 Å². The Morgan fingerprint density at radius 2 is 1.64 bits per heavy atom. The summed E-state index contributed by atoms with van der Waals surface area (Å²) >= 11 is 0. The molecular formula is C26H26N2O5. The topological polar surface area (TPSA) is 86.2 Å². The summed E-state index contributed by atoms with van der Waals surface area (Å²) in [6.07, 6.45) is 2.39. The largest absolute Gasteiger partial charge is 0.494 e. The zero-order valence-corrected chi connectivity index (χ0v) is 18.8. The molecule has 1 N–H and O–H groups in total. The zero-order valence-electron chi connectivity index (χ0n) is 18.8. The summed E-state index contributed by atoms with van der Waals surface area (Å²) in [6, 6.07) is 18.9. The first kappa shape index (κ1) is 23.5. The van der Waals surface area contributed by atoms with E-state index in [2.05, 4.69) is 10.5 Å². The molecule has 3 aromatic rings. The van der Waals surface area contributed by atoms with E-state index in [4.69, 9.17) is 14.2 Å². The number of rotatable bonds is 9. The van der Waals surface area contributed by atoms with Gasteiger partial charge >= 0.3 is 5.97 Å². The number of amides is 1. The molecule has 0 saturated carbocycles. The zero-order chi connectivity index (χ0) is 23.6. The Kier molecular flexibility index (Phi) is 8.18. The maximum atomic E-state index is 12.5. The molecule has 0 bridgehead atoms. The van der Waals surface area contributed by atoms with Crippen molar-refractivity contribution in [1.82, 2.24) is 5.43 Å². The van der Waals surface area contributed by atoms with Gasteiger partial charge in [0.1, 0.15) is 5.75 Å². The van der Waals surface area contributed by atoms with Gasteiger partial charge in [-0.25, -0.2) is 10.2 Å². The van der Waals surface area contributed by atoms with E-state index in [0.717, 1.165) is 12.0 Å². The van der Waals surface area contributed by atoms with E-state index in [1.54, 1.807) is 54.6 Å². The Morgan fingerprint density at radius 1 is 0.939 bits per heavy atom. The van der Waals surface area contributed by atoms with Crippen molar-refractivity contribution < 1.29 is 23.8 Å². The molecule has 33 heavy (non-hydrogen) atoms. The molecule has 7 heteroatoms. The third-order valence-corrected chi connectivity index (χ3v) is 4.65. The summed E-state index contributed by atoms with van der Waals surface area (Å²) in [6.45, 7) is 4.59. The molecule has 0 aromatic heterocycles. The number of aryl methyl sites for hydroxylation is 1. The van der Waals surface area contributed by atoms with Crippen molar-refractivity contribution in [3.8, 4) is 17.2 Å². The van der Waals surface area contributed by atoms with Crippen LogP contribution >= 0.6 is 0 Å². The number of hydrogen-bond acceptors (Lipinski definition) is 6. The van der Waals surface area contributed by atoms with Crippen molar-refractivity contribution in [3.63, 3.8) is 0 Å². The molecule has 0 aliphatic heterocycles. The molecule has 3 rings (SSSR count). The summed E-state index contributed by atoms with van der Waals surface area (Å²) in [5.41, 5.74) is 5.12. The maximum Gasteiger partial charge on any atom is 0.343 e. The molecule has 7 nitrogen and oxygen atoms in total. The highest BCUT2D eigenvalue weighted by Crippen LogP contribution is 2.28. The molecule has 170 valence electrons. The average Bonchev–Trinajstić information content (AvgIpc) is 2.84. The van der Waals surface area contributed by atoms with Crippen LogP contribution in [0.3, 0.4) is 0 Å². The van der Waals surface area contributed by atoms with Crippen LogP contribution in [0.1, 0.15) is 45.2 Å². The molecule has 0 radical (unpaired) electrons. The highest BCUT2D eigenvalue weighted by Gasteiger charge is 2.13. The number of nitrogens with zero attached hydrogens (tertiary/aromatic N) is 1. The lowest BCUT2D eigenvalue weighted by atomic mass is 10.1. The van der Waals surface area contributed by atoms with E-state index >= 15 is 0 Å². The predicted octanol–water partition coefficient (Wildman–Crippen LogP) is 4.78. The van der Waals surface area contributed by atoms with E-state index < -0.39 is 5.97 Å². The van der Waals surface area contributed by atoms with Crippen LogP contribution in [-0.2, 0) is 0 Å². The predicted molar refractivity (Wildman–Crippen MR) is 126 cm³/mol. The molecule has 0 fully saturated rings. The van der Waals surface area contributed by atoms with Crippen LogP contribution in [0.5, 0.6) is 17.2 Å². The molecular weight excluding hydrogens is 420 g/mol. The van der Waals surface area contributed by atoms with Gasteiger partial charge in [0.2, 0.25) is 0 Å². The Bertz CT molecular complexity index is 1120. The quantitative estimate of drug-likeness (QED) is 0.221. The smallest absolute Gasteiger partial charge is 0.343 e. The van der Waals surface area contributed by atoms with E-state index in [1.165, 1.54) is 13.3 Å². The molecule has 1 amide bonds. The van der Waals surface area contributed by atoms with Crippen molar-refractivity contribution in [1.29, 1.82) is 0 Å². The van der Waals surface area contributed by atoms with Gasteiger partial charge in [-0.1, -0.05) is 24.6 Å². The number of carbonyl (C=O) groups excluding carboxylic acids is 2. The van der Waals surface area contributed by atoms with Crippen molar-refractivity contribution in [2.24, 2.45) is 5.10 Å². The lowest BCUT2D eigenvalue weighted by molar-refractivity contribution is 0.0729. The van der Waals surface area contributed by atoms with Gasteiger partial charge in [0, 0.05) is 5.56 Å². The number of carbonyl (C=O) groups is 2. The van der Waals surface area contributed by atoms with Crippen LogP contribution in [0, 0.1) is 6.92 Å². The summed E-state index contributed by atoms with van der Waals surface area (Å²) in [7, 11) is 1.48. The first-order valence-electron chi connectivity index (χ1n) is 10.5. The van der Waals surface area contributed by atoms with Crippen LogP contribution in [0.4, 0.5) is 0 Å². The monoisotopic (exact) mass is 446 g/mol. The highest BCUT2D eigenvalue weighted by atomic mass is 16.6. The molecule has 0 spiro atoms. The second-order valence-corrected chi connectivity index (χ2v) is 7.24. The van der Waals surface area contributed by atoms with Gasteiger partial charge < -0.3 is 14.2 Å². The van der Waals surface area contributed by atoms with Crippen LogP contribution in [-0.4, -0.2) is 31.8 Å². The van der Waals surface area contributed by atoms with Gasteiger partial charge in [0.15, 0.2) is 11.5 Å². The lowest BCUT2D eigenvalue weighted by Gasteiger charge is -2.10. The Hall–Kier alpha value is -4.13. The SMILES string of the molecule is CCCOc1ccc(C(=O)Oc2ccc(C=NNC(=O)c3ccc(C)cc3)cc2OC)cc1. The van der Waals surface area contributed by atoms with E-state index in [9.17, 15) is 9.59 Å². The van der Waals surface area contributed by atoms with Crippen LogP contribution in [0.2, 0.25) is 0 Å². The van der Waals surface area contributed by atoms with Gasteiger partial charge in [0.25, 0.3) is 5.91 Å². The van der Waals surface area contributed by atoms with Crippen LogP contribution in [0.15, 0.2) is 71.8 Å². The number of nitrogens with one attached hydrogen (secondary N) is 1. The number of hydrazone groups is 1. The maximum absolute atomic E-state index is 12.5. The summed E-state index contributed by atoms with van der Waals surface area (Å²) in [5, 5.41) is 3.98. The van der Waals surface area contributed by atoms with Crippen molar-refractivity contribution >= 4 is 18.1 Å². The van der Waals surface area contributed by atoms with Crippen molar-refractivity contribution in [2.45, 2.75) is 20.3 Å². The third-order valence-electron chi connectivity index (χ3n) is 4.65. The van der Waals surface area contributed by atoms with Crippen molar-refractivity contribution in [3.05, 3.63) is 89.0 Å². The molecule has 0 aliphatic rings. The lowest BCUT2D eigenvalue weighted by Crippen LogP contribution is -2.17. The fourth-order valence-electron chi connectivity index (χ4n) is 2.85. The highest BCUT2D eigenvalue weighted by molar-refractivity contribution is 5.95. The Balaban J connectivity index is 1.62. The Morgan fingerprint density at radius 3 is 2.30 bits per heavy atom. The standard InChI is InChI=1S/C26H26N2O5/c1-4-15-32-22-12-10-21(11-13-22)26(30)33-23-14-7-19(16-24(23)31-3)17-27-28-25(29)20-8-5-18(2)6-9-20/h5-14,16-17H,4,15H2,1-3H3,(H,28,29). The first-order valence-corrected chi connectivity index (χ1v) is 10.5. The number of benzene rings is 3. The van der Waals surface area contributed by atoms with Crippen molar-refractivity contribution in [2.75, 3.05) is 13.7 Å². The molecule has 3 aromatic carbocycles. The number of methoxy groups -OCH3 is 1. The van der Waals surface area contributed by atoms with Crippen LogP contribution in [0.25, 0.3) is 0 Å². The van der Waals surface area contributed by atoms with Gasteiger partial charge in [-0.3, -0.25) is 4.79 Å². The fourth-order valence-corrected chi connectivity index (χ4v) is 2.85. The number of esters is 1. The minimum Gasteiger partial charge on any atom is -0.494 e. The molecule has 0 unspecified atom stereocenters. The van der Waals surface area contributed by atoms with Gasteiger partial charge in [-0.2, -0.15) is 5.10 Å². The van der Waals surface area contributed by atoms with Gasteiger partial charge in [-0.15, -0.1) is 0 Å². The molecule has 0 atom stereocenters. The minimum atomic E-state index is -0.512. The normalized spacial score (nSPS) is 10.6. The second kappa shape index (κ2) is 11.5. The summed E-state index contributed by atoms with van der Waals surface area (Å²) in [4.78, 5) is 24.6.